The van der Waals surface area contributed by atoms with Crippen molar-refractivity contribution in [2.45, 2.75) is 27.7 Å². The Morgan fingerprint density at radius 3 is 2.08 bits per heavy atom. The van der Waals surface area contributed by atoms with Crippen molar-refractivity contribution >= 4 is 5.91 Å². The standard InChI is InChI=1S/C11H19NO/c1-6-10(9(4)5)11(13)12(7-2)8-3/h9H,1,7-8H2,2-5H3. The smallest absolute Gasteiger partial charge is 0.257 e. The Labute approximate surface area is 80.9 Å². The van der Waals surface area contributed by atoms with Crippen LogP contribution in [-0.4, -0.2) is 23.9 Å². The van der Waals surface area contributed by atoms with Gasteiger partial charge in [0.05, 0.1) is 5.57 Å². The fourth-order valence-electron chi connectivity index (χ4n) is 1.21. The summed E-state index contributed by atoms with van der Waals surface area (Å²) >= 11 is 0. The summed E-state index contributed by atoms with van der Waals surface area (Å²) in [5.74, 6) is 0.264. The van der Waals surface area contributed by atoms with Gasteiger partial charge in [0, 0.05) is 13.1 Å². The summed E-state index contributed by atoms with van der Waals surface area (Å²) in [5, 5.41) is 0. The van der Waals surface area contributed by atoms with E-state index in [1.165, 1.54) is 0 Å². The van der Waals surface area contributed by atoms with Gasteiger partial charge in [-0.2, -0.15) is 0 Å². The van der Waals surface area contributed by atoms with E-state index in [9.17, 15) is 4.79 Å². The molecule has 0 saturated carbocycles. The van der Waals surface area contributed by atoms with Crippen molar-refractivity contribution in [2.75, 3.05) is 13.1 Å². The summed E-state index contributed by atoms with van der Waals surface area (Å²) in [5.41, 5.74) is 3.41. The van der Waals surface area contributed by atoms with Crippen LogP contribution in [0.25, 0.3) is 0 Å². The van der Waals surface area contributed by atoms with Crippen molar-refractivity contribution in [3.05, 3.63) is 17.9 Å². The number of hydrogen-bond donors (Lipinski definition) is 0. The first-order valence-electron chi connectivity index (χ1n) is 4.77. The van der Waals surface area contributed by atoms with Gasteiger partial charge in [0.1, 0.15) is 0 Å². The molecular weight excluding hydrogens is 162 g/mol. The number of amides is 1. The molecule has 0 fully saturated rings. The van der Waals surface area contributed by atoms with Crippen molar-refractivity contribution in [3.63, 3.8) is 0 Å². The molecule has 0 unspecified atom stereocenters. The molecule has 0 aliphatic rings. The SMILES string of the molecule is C=C=C(C(=O)N(CC)CC)C(C)C. The summed E-state index contributed by atoms with van der Waals surface area (Å²) in [7, 11) is 0. The summed E-state index contributed by atoms with van der Waals surface area (Å²) in [6.45, 7) is 12.9. The molecule has 0 aliphatic heterocycles. The van der Waals surface area contributed by atoms with Gasteiger partial charge in [-0.15, -0.1) is 5.73 Å². The number of carbonyl (C=O) groups excluding carboxylic acids is 1. The Bertz CT molecular complexity index is 220. The number of rotatable bonds is 4. The van der Waals surface area contributed by atoms with Crippen molar-refractivity contribution in [1.82, 2.24) is 4.90 Å². The zero-order chi connectivity index (χ0) is 10.4. The maximum absolute atomic E-state index is 11.8. The molecule has 0 spiro atoms. The topological polar surface area (TPSA) is 20.3 Å². The van der Waals surface area contributed by atoms with Gasteiger partial charge >= 0.3 is 0 Å². The molecule has 13 heavy (non-hydrogen) atoms. The van der Waals surface area contributed by atoms with Crippen molar-refractivity contribution in [2.24, 2.45) is 5.92 Å². The number of carbonyl (C=O) groups is 1. The van der Waals surface area contributed by atoms with Crippen LogP contribution in [0.5, 0.6) is 0 Å². The molecule has 2 heteroatoms. The van der Waals surface area contributed by atoms with Gasteiger partial charge in [0.15, 0.2) is 0 Å². The molecule has 0 bridgehead atoms. The van der Waals surface area contributed by atoms with Gasteiger partial charge in [-0.3, -0.25) is 4.79 Å². The third kappa shape index (κ3) is 3.08. The average molecular weight is 181 g/mol. The average Bonchev–Trinajstić information content (AvgIpc) is 2.07. The van der Waals surface area contributed by atoms with Crippen LogP contribution in [0.3, 0.4) is 0 Å². The van der Waals surface area contributed by atoms with Crippen molar-refractivity contribution in [1.29, 1.82) is 0 Å². The highest BCUT2D eigenvalue weighted by molar-refractivity contribution is 5.93. The fourth-order valence-corrected chi connectivity index (χ4v) is 1.21. The summed E-state index contributed by atoms with van der Waals surface area (Å²) in [6, 6.07) is 0. The monoisotopic (exact) mass is 181 g/mol. The molecule has 0 heterocycles. The van der Waals surface area contributed by atoms with E-state index in [0.717, 1.165) is 13.1 Å². The highest BCUT2D eigenvalue weighted by atomic mass is 16.2. The predicted octanol–water partition coefficient (Wildman–Crippen LogP) is 2.22. The Balaban J connectivity index is 4.65. The van der Waals surface area contributed by atoms with Crippen LogP contribution in [0.2, 0.25) is 0 Å². The largest absolute Gasteiger partial charge is 0.339 e. The second-order valence-electron chi connectivity index (χ2n) is 3.22. The predicted molar refractivity (Wildman–Crippen MR) is 55.4 cm³/mol. The Morgan fingerprint density at radius 2 is 1.85 bits per heavy atom. The van der Waals surface area contributed by atoms with E-state index in [-0.39, 0.29) is 11.8 Å². The van der Waals surface area contributed by atoms with Crippen LogP contribution in [0.15, 0.2) is 17.9 Å². The zero-order valence-electron chi connectivity index (χ0n) is 9.05. The molecule has 0 rings (SSSR count). The molecule has 0 aromatic rings. The van der Waals surface area contributed by atoms with Gasteiger partial charge in [-0.1, -0.05) is 20.4 Å². The van der Waals surface area contributed by atoms with Crippen LogP contribution in [0.1, 0.15) is 27.7 Å². The third-order valence-electron chi connectivity index (χ3n) is 2.05. The highest BCUT2D eigenvalue weighted by Crippen LogP contribution is 2.11. The summed E-state index contributed by atoms with van der Waals surface area (Å²) in [4.78, 5) is 13.5. The van der Waals surface area contributed by atoms with Crippen LogP contribution in [-0.2, 0) is 4.79 Å². The quantitative estimate of drug-likeness (QED) is 0.481. The first kappa shape index (κ1) is 12.0. The second-order valence-corrected chi connectivity index (χ2v) is 3.22. The maximum Gasteiger partial charge on any atom is 0.257 e. The van der Waals surface area contributed by atoms with Crippen molar-refractivity contribution < 1.29 is 4.79 Å². The van der Waals surface area contributed by atoms with Gasteiger partial charge in [0.25, 0.3) is 5.91 Å². The molecule has 0 aromatic carbocycles. The van der Waals surface area contributed by atoms with Crippen LogP contribution in [0, 0.1) is 5.92 Å². The summed E-state index contributed by atoms with van der Waals surface area (Å²) in [6.07, 6.45) is 0. The first-order valence-corrected chi connectivity index (χ1v) is 4.77. The molecule has 74 valence electrons. The van der Waals surface area contributed by atoms with Crippen LogP contribution >= 0.6 is 0 Å². The number of likely N-dealkylation sites (N-methyl/N-ethyl adjacent to an activating group) is 1. The zero-order valence-corrected chi connectivity index (χ0v) is 9.05. The summed E-state index contributed by atoms with van der Waals surface area (Å²) < 4.78 is 0. The van der Waals surface area contributed by atoms with E-state index in [4.69, 9.17) is 0 Å². The molecule has 2 nitrogen and oxygen atoms in total. The second kappa shape index (κ2) is 5.60. The third-order valence-corrected chi connectivity index (χ3v) is 2.05. The number of hydrogen-bond acceptors (Lipinski definition) is 1. The first-order chi connectivity index (χ1) is 6.08. The molecule has 0 aromatic heterocycles. The highest BCUT2D eigenvalue weighted by Gasteiger charge is 2.17. The Hall–Kier alpha value is -1.01. The lowest BCUT2D eigenvalue weighted by molar-refractivity contribution is -0.127. The lowest BCUT2D eigenvalue weighted by Gasteiger charge is -2.20. The van der Waals surface area contributed by atoms with E-state index in [1.54, 1.807) is 4.90 Å². The lowest BCUT2D eigenvalue weighted by atomic mass is 10.0. The molecular formula is C11H19NO. The van der Waals surface area contributed by atoms with E-state index in [1.807, 2.05) is 27.7 Å². The number of nitrogens with zero attached hydrogens (tertiary/aromatic N) is 1. The molecule has 0 N–H and O–H groups in total. The van der Waals surface area contributed by atoms with Gasteiger partial charge in [-0.25, -0.2) is 0 Å². The van der Waals surface area contributed by atoms with E-state index >= 15 is 0 Å². The van der Waals surface area contributed by atoms with Crippen LogP contribution < -0.4 is 0 Å². The molecule has 0 atom stereocenters. The minimum absolute atomic E-state index is 0.0648. The minimum atomic E-state index is 0.0648. The maximum atomic E-state index is 11.8. The fraction of sp³-hybridized carbons (Fsp3) is 0.636. The van der Waals surface area contributed by atoms with Crippen molar-refractivity contribution in [3.8, 4) is 0 Å². The van der Waals surface area contributed by atoms with Gasteiger partial charge in [-0.05, 0) is 19.8 Å². The molecule has 0 radical (unpaired) electrons. The van der Waals surface area contributed by atoms with E-state index in [2.05, 4.69) is 12.3 Å². The van der Waals surface area contributed by atoms with Crippen LogP contribution in [0.4, 0.5) is 0 Å². The Kier molecular flexibility index (Phi) is 5.17. The van der Waals surface area contributed by atoms with E-state index in [0.29, 0.717) is 5.57 Å². The molecule has 0 aliphatic carbocycles. The van der Waals surface area contributed by atoms with E-state index < -0.39 is 0 Å². The van der Waals surface area contributed by atoms with Gasteiger partial charge < -0.3 is 4.90 Å². The van der Waals surface area contributed by atoms with Gasteiger partial charge in [0.2, 0.25) is 0 Å². The molecule has 0 saturated heterocycles. The molecule has 1 amide bonds. The lowest BCUT2D eigenvalue weighted by Crippen LogP contribution is -2.32. The minimum Gasteiger partial charge on any atom is -0.339 e. The normalized spacial score (nSPS) is 9.62. The Morgan fingerprint density at radius 1 is 1.38 bits per heavy atom.